The summed E-state index contributed by atoms with van der Waals surface area (Å²) in [5.41, 5.74) is 0.940. The van der Waals surface area contributed by atoms with Crippen molar-refractivity contribution in [1.82, 2.24) is 10.3 Å². The van der Waals surface area contributed by atoms with E-state index >= 15 is 0 Å². The van der Waals surface area contributed by atoms with Gasteiger partial charge in [-0.3, -0.25) is 9.59 Å². The lowest BCUT2D eigenvalue weighted by molar-refractivity contribution is 0.0919. The summed E-state index contributed by atoms with van der Waals surface area (Å²) in [6.45, 7) is 2.07. The van der Waals surface area contributed by atoms with Crippen molar-refractivity contribution in [2.75, 3.05) is 5.32 Å². The van der Waals surface area contributed by atoms with Crippen molar-refractivity contribution < 1.29 is 9.59 Å². The lowest BCUT2D eigenvalue weighted by atomic mass is 9.84. The maximum absolute atomic E-state index is 12.6. The summed E-state index contributed by atoms with van der Waals surface area (Å²) in [5.74, 6) is 0.621. The van der Waals surface area contributed by atoms with Crippen LogP contribution in [0.25, 0.3) is 0 Å². The molecule has 2 N–H and O–H groups in total. The first kappa shape index (κ1) is 18.1. The average molecular weight is 351 g/mol. The van der Waals surface area contributed by atoms with Crippen LogP contribution in [0.1, 0.15) is 59.7 Å². The molecule has 1 heterocycles. The summed E-state index contributed by atoms with van der Waals surface area (Å²) in [4.78, 5) is 29.0. The molecule has 0 spiro atoms. The van der Waals surface area contributed by atoms with E-state index in [2.05, 4.69) is 22.5 Å². The predicted octanol–water partition coefficient (Wildman–Crippen LogP) is 4.03. The van der Waals surface area contributed by atoms with Crippen molar-refractivity contribution in [1.29, 1.82) is 0 Å². The van der Waals surface area contributed by atoms with Gasteiger partial charge in [-0.05, 0) is 56.0 Å². The van der Waals surface area contributed by atoms with Gasteiger partial charge in [0, 0.05) is 23.4 Å². The largest absolute Gasteiger partial charge is 0.349 e. The molecular weight excluding hydrogens is 326 g/mol. The number of benzene rings is 1. The second-order valence-corrected chi connectivity index (χ2v) is 6.91. The van der Waals surface area contributed by atoms with Crippen LogP contribution in [-0.4, -0.2) is 22.8 Å². The molecule has 0 bridgehead atoms. The van der Waals surface area contributed by atoms with Gasteiger partial charge in [0.25, 0.3) is 11.8 Å². The molecule has 0 unspecified atom stereocenters. The van der Waals surface area contributed by atoms with E-state index in [1.54, 1.807) is 48.7 Å². The van der Waals surface area contributed by atoms with Crippen molar-refractivity contribution in [2.24, 2.45) is 5.92 Å². The van der Waals surface area contributed by atoms with Gasteiger partial charge in [0.15, 0.2) is 0 Å². The van der Waals surface area contributed by atoms with Crippen molar-refractivity contribution in [3.8, 4) is 0 Å². The van der Waals surface area contributed by atoms with Gasteiger partial charge in [-0.25, -0.2) is 4.98 Å². The molecular formula is C21H25N3O2. The Hall–Kier alpha value is -2.69. The van der Waals surface area contributed by atoms with Crippen LogP contribution < -0.4 is 10.6 Å². The Morgan fingerprint density at radius 1 is 1.00 bits per heavy atom. The Morgan fingerprint density at radius 3 is 2.42 bits per heavy atom. The summed E-state index contributed by atoms with van der Waals surface area (Å²) in [7, 11) is 0. The molecule has 1 aromatic heterocycles. The van der Waals surface area contributed by atoms with Gasteiger partial charge in [-0.2, -0.15) is 0 Å². The number of anilines is 1. The van der Waals surface area contributed by atoms with Gasteiger partial charge < -0.3 is 10.6 Å². The summed E-state index contributed by atoms with van der Waals surface area (Å²) in [5, 5.41) is 5.83. The molecule has 2 amide bonds. The molecule has 1 aliphatic carbocycles. The van der Waals surface area contributed by atoms with Crippen LogP contribution in [0.3, 0.4) is 0 Å². The number of amides is 2. The zero-order valence-corrected chi connectivity index (χ0v) is 15.1. The van der Waals surface area contributed by atoms with Crippen LogP contribution in [0, 0.1) is 5.92 Å². The number of aromatic nitrogens is 1. The smallest absolute Gasteiger partial charge is 0.256 e. The second kappa shape index (κ2) is 8.61. The van der Waals surface area contributed by atoms with E-state index in [4.69, 9.17) is 0 Å². The molecule has 5 heteroatoms. The maximum atomic E-state index is 12.6. The third-order valence-electron chi connectivity index (χ3n) is 5.01. The van der Waals surface area contributed by atoms with Crippen molar-refractivity contribution in [3.05, 3.63) is 59.8 Å². The van der Waals surface area contributed by atoms with Gasteiger partial charge in [0.05, 0.1) is 0 Å². The normalized spacial score (nSPS) is 15.9. The van der Waals surface area contributed by atoms with E-state index in [1.165, 1.54) is 32.1 Å². The monoisotopic (exact) mass is 351 g/mol. The van der Waals surface area contributed by atoms with E-state index in [1.807, 2.05) is 0 Å². The van der Waals surface area contributed by atoms with Gasteiger partial charge in [-0.15, -0.1) is 0 Å². The van der Waals surface area contributed by atoms with Crippen molar-refractivity contribution in [2.45, 2.75) is 45.1 Å². The number of nitrogens with one attached hydrogen (secondary N) is 2. The van der Waals surface area contributed by atoms with Gasteiger partial charge in [0.1, 0.15) is 5.82 Å². The molecule has 1 aliphatic rings. The fraction of sp³-hybridized carbons (Fsp3) is 0.381. The summed E-state index contributed by atoms with van der Waals surface area (Å²) < 4.78 is 0. The number of rotatable bonds is 5. The molecule has 2 aromatic rings. The van der Waals surface area contributed by atoms with Gasteiger partial charge >= 0.3 is 0 Å². The molecule has 1 atom stereocenters. The third kappa shape index (κ3) is 4.69. The number of carbonyl (C=O) groups is 2. The summed E-state index contributed by atoms with van der Waals surface area (Å²) in [6.07, 6.45) is 7.75. The number of pyridine rings is 1. The van der Waals surface area contributed by atoms with Gasteiger partial charge in [0.2, 0.25) is 0 Å². The molecule has 1 aromatic carbocycles. The van der Waals surface area contributed by atoms with Crippen LogP contribution >= 0.6 is 0 Å². The molecule has 3 rings (SSSR count). The van der Waals surface area contributed by atoms with E-state index in [0.717, 1.165) is 0 Å². The highest BCUT2D eigenvalue weighted by Gasteiger charge is 2.22. The first-order valence-electron chi connectivity index (χ1n) is 9.27. The number of hydrogen-bond donors (Lipinski definition) is 2. The molecule has 26 heavy (non-hydrogen) atoms. The van der Waals surface area contributed by atoms with Crippen LogP contribution in [-0.2, 0) is 0 Å². The van der Waals surface area contributed by atoms with E-state index < -0.39 is 0 Å². The SMILES string of the molecule is C[C@H](NC(=O)c1cccc(C(=O)Nc2ccccn2)c1)C1CCCCC1. The molecule has 1 fully saturated rings. The fourth-order valence-corrected chi connectivity index (χ4v) is 3.47. The summed E-state index contributed by atoms with van der Waals surface area (Å²) in [6, 6.07) is 12.2. The van der Waals surface area contributed by atoms with E-state index in [0.29, 0.717) is 22.9 Å². The molecule has 0 aliphatic heterocycles. The Balaban J connectivity index is 1.64. The Kier molecular flexibility index (Phi) is 6.00. The summed E-state index contributed by atoms with van der Waals surface area (Å²) >= 11 is 0. The minimum absolute atomic E-state index is 0.129. The number of nitrogens with zero attached hydrogens (tertiary/aromatic N) is 1. The molecule has 136 valence electrons. The molecule has 0 radical (unpaired) electrons. The highest BCUT2D eigenvalue weighted by molar-refractivity contribution is 6.05. The lowest BCUT2D eigenvalue weighted by Gasteiger charge is -2.28. The van der Waals surface area contributed by atoms with Crippen molar-refractivity contribution in [3.63, 3.8) is 0 Å². The van der Waals surface area contributed by atoms with Crippen LogP contribution in [0.15, 0.2) is 48.7 Å². The number of carbonyl (C=O) groups excluding carboxylic acids is 2. The topological polar surface area (TPSA) is 71.1 Å². The molecule has 1 saturated carbocycles. The fourth-order valence-electron chi connectivity index (χ4n) is 3.47. The highest BCUT2D eigenvalue weighted by atomic mass is 16.2. The predicted molar refractivity (Wildman–Crippen MR) is 102 cm³/mol. The van der Waals surface area contributed by atoms with Crippen molar-refractivity contribution >= 4 is 17.6 Å². The molecule has 0 saturated heterocycles. The van der Waals surface area contributed by atoms with Gasteiger partial charge in [-0.1, -0.05) is 31.4 Å². The average Bonchev–Trinajstić information content (AvgIpc) is 2.69. The first-order valence-corrected chi connectivity index (χ1v) is 9.27. The van der Waals surface area contributed by atoms with Crippen LogP contribution in [0.5, 0.6) is 0 Å². The Labute approximate surface area is 154 Å². The molecule has 5 nitrogen and oxygen atoms in total. The maximum Gasteiger partial charge on any atom is 0.256 e. The zero-order valence-electron chi connectivity index (χ0n) is 15.1. The minimum atomic E-state index is -0.279. The third-order valence-corrected chi connectivity index (χ3v) is 5.01. The Morgan fingerprint density at radius 2 is 1.73 bits per heavy atom. The standard InChI is InChI=1S/C21H25N3O2/c1-15(16-8-3-2-4-9-16)23-20(25)17-10-7-11-18(14-17)21(26)24-19-12-5-6-13-22-19/h5-7,10-16H,2-4,8-9H2,1H3,(H,23,25)(H,22,24,26)/t15-/m0/s1. The van der Waals surface area contributed by atoms with E-state index in [-0.39, 0.29) is 17.9 Å². The first-order chi connectivity index (χ1) is 12.6. The minimum Gasteiger partial charge on any atom is -0.349 e. The van der Waals surface area contributed by atoms with E-state index in [9.17, 15) is 9.59 Å². The highest BCUT2D eigenvalue weighted by Crippen LogP contribution is 2.26. The van der Waals surface area contributed by atoms with Crippen LogP contribution in [0.2, 0.25) is 0 Å². The second-order valence-electron chi connectivity index (χ2n) is 6.91. The Bertz CT molecular complexity index is 755. The zero-order chi connectivity index (χ0) is 18.4. The quantitative estimate of drug-likeness (QED) is 0.854. The number of hydrogen-bond acceptors (Lipinski definition) is 3. The van der Waals surface area contributed by atoms with Crippen LogP contribution in [0.4, 0.5) is 5.82 Å². The lowest BCUT2D eigenvalue weighted by Crippen LogP contribution is -2.38.